The quantitative estimate of drug-likeness (QED) is 0.520. The van der Waals surface area contributed by atoms with Crippen LogP contribution in [-0.4, -0.2) is 27.2 Å². The Morgan fingerprint density at radius 3 is 2.60 bits per heavy atom. The molecule has 0 radical (unpaired) electrons. The van der Waals surface area contributed by atoms with E-state index < -0.39 is 16.3 Å². The summed E-state index contributed by atoms with van der Waals surface area (Å²) in [5, 5.41) is 0. The summed E-state index contributed by atoms with van der Waals surface area (Å²) >= 11 is 0. The first kappa shape index (κ1) is 13.9. The van der Waals surface area contributed by atoms with Crippen molar-refractivity contribution < 1.29 is 17.9 Å². The molecule has 0 fully saturated rings. The monoisotopic (exact) mass is 236 g/mol. The molecule has 15 heavy (non-hydrogen) atoms. The zero-order valence-corrected chi connectivity index (χ0v) is 9.63. The minimum Gasteiger partial charge on any atom is -0.446 e. The number of hydrogen-bond donors (Lipinski definition) is 2. The van der Waals surface area contributed by atoms with E-state index in [-0.39, 0.29) is 12.6 Å². The maximum Gasteiger partial charge on any atom is 0.422 e. The highest BCUT2D eigenvalue weighted by Gasteiger charge is 2.14. The summed E-state index contributed by atoms with van der Waals surface area (Å²) in [5.74, 6) is 0. The molecule has 7 heteroatoms. The molecule has 0 aromatic rings. The fourth-order valence-electron chi connectivity index (χ4n) is 0.679. The van der Waals surface area contributed by atoms with Crippen LogP contribution in [0.3, 0.4) is 0 Å². The van der Waals surface area contributed by atoms with Gasteiger partial charge >= 0.3 is 16.3 Å². The molecule has 0 saturated heterocycles. The molecule has 0 unspecified atom stereocenters. The third-order valence-electron chi connectivity index (χ3n) is 1.20. The van der Waals surface area contributed by atoms with Crippen molar-refractivity contribution in [3.8, 4) is 0 Å². The molecule has 88 valence electrons. The van der Waals surface area contributed by atoms with Crippen LogP contribution in [0.1, 0.15) is 20.3 Å². The summed E-state index contributed by atoms with van der Waals surface area (Å²) in [5.41, 5.74) is 0. The first-order valence-electron chi connectivity index (χ1n) is 4.46. The molecular weight excluding hydrogens is 220 g/mol. The molecule has 0 atom stereocenters. The lowest BCUT2D eigenvalue weighted by Gasteiger charge is -2.10. The molecule has 0 aromatic heterocycles. The maximum atomic E-state index is 11.1. The summed E-state index contributed by atoms with van der Waals surface area (Å²) < 4.78 is 30.7. The number of carbonyl (C=O) groups excluding carboxylic acids is 1. The number of ether oxygens (including phenoxy) is 1. The van der Waals surface area contributed by atoms with Crippen molar-refractivity contribution >= 4 is 16.3 Å². The van der Waals surface area contributed by atoms with E-state index in [1.54, 1.807) is 24.6 Å². The Morgan fingerprint density at radius 2 is 2.13 bits per heavy atom. The Morgan fingerprint density at radius 1 is 1.53 bits per heavy atom. The minimum atomic E-state index is -3.82. The lowest BCUT2D eigenvalue weighted by Crippen LogP contribution is -2.41. The second-order valence-corrected chi connectivity index (χ2v) is 4.53. The third kappa shape index (κ3) is 7.95. The van der Waals surface area contributed by atoms with Gasteiger partial charge in [0, 0.05) is 6.54 Å². The second-order valence-electron chi connectivity index (χ2n) is 3.03. The van der Waals surface area contributed by atoms with Gasteiger partial charge in [-0.05, 0) is 20.3 Å². The third-order valence-corrected chi connectivity index (χ3v) is 2.22. The van der Waals surface area contributed by atoms with Crippen molar-refractivity contribution in [3.63, 3.8) is 0 Å². The van der Waals surface area contributed by atoms with Crippen LogP contribution >= 0.6 is 0 Å². The Kier molecular flexibility index (Phi) is 5.95. The minimum absolute atomic E-state index is 0.188. The number of amides is 1. The molecule has 0 aliphatic rings. The smallest absolute Gasteiger partial charge is 0.422 e. The average molecular weight is 236 g/mol. The van der Waals surface area contributed by atoms with Crippen LogP contribution < -0.4 is 9.44 Å². The second kappa shape index (κ2) is 6.41. The topological polar surface area (TPSA) is 84.5 Å². The lowest BCUT2D eigenvalue weighted by atomic mass is 10.4. The molecule has 0 aliphatic heterocycles. The van der Waals surface area contributed by atoms with Gasteiger partial charge in [-0.2, -0.15) is 13.1 Å². The van der Waals surface area contributed by atoms with Gasteiger partial charge in [0.15, 0.2) is 0 Å². The zero-order valence-electron chi connectivity index (χ0n) is 8.82. The van der Waals surface area contributed by atoms with Gasteiger partial charge < -0.3 is 4.74 Å². The van der Waals surface area contributed by atoms with Crippen molar-refractivity contribution in [2.24, 2.45) is 0 Å². The van der Waals surface area contributed by atoms with Crippen molar-refractivity contribution in [1.82, 2.24) is 9.44 Å². The van der Waals surface area contributed by atoms with Crippen LogP contribution in [0.25, 0.3) is 0 Å². The van der Waals surface area contributed by atoms with Crippen LogP contribution in [0.5, 0.6) is 0 Å². The SMILES string of the molecule is C=CCCNS(=O)(=O)NC(=O)OC(C)C. The van der Waals surface area contributed by atoms with E-state index in [1.807, 2.05) is 0 Å². The van der Waals surface area contributed by atoms with Crippen molar-refractivity contribution in [2.45, 2.75) is 26.4 Å². The average Bonchev–Trinajstić information content (AvgIpc) is 2.00. The normalized spacial score (nSPS) is 11.1. The summed E-state index contributed by atoms with van der Waals surface area (Å²) in [6, 6.07) is 0. The predicted octanol–water partition coefficient (Wildman–Crippen LogP) is 0.531. The highest BCUT2D eigenvalue weighted by molar-refractivity contribution is 7.88. The number of hydrogen-bond acceptors (Lipinski definition) is 4. The highest BCUT2D eigenvalue weighted by Crippen LogP contribution is 1.90. The largest absolute Gasteiger partial charge is 0.446 e. The summed E-state index contributed by atoms with van der Waals surface area (Å²) in [6.07, 6.45) is 0.694. The molecule has 0 heterocycles. The molecule has 6 nitrogen and oxygen atoms in total. The molecule has 2 N–H and O–H groups in total. The van der Waals surface area contributed by atoms with Crippen molar-refractivity contribution in [3.05, 3.63) is 12.7 Å². The van der Waals surface area contributed by atoms with Gasteiger partial charge in [0.05, 0.1) is 6.10 Å². The summed E-state index contributed by atoms with van der Waals surface area (Å²) in [4.78, 5) is 10.9. The molecule has 1 amide bonds. The van der Waals surface area contributed by atoms with Crippen molar-refractivity contribution in [2.75, 3.05) is 6.54 Å². The van der Waals surface area contributed by atoms with Gasteiger partial charge in [0.1, 0.15) is 0 Å². The molecule has 0 bridgehead atoms. The number of rotatable bonds is 6. The molecule has 0 rings (SSSR count). The Hall–Kier alpha value is -1.08. The van der Waals surface area contributed by atoms with Crippen LogP contribution in [0.2, 0.25) is 0 Å². The van der Waals surface area contributed by atoms with Crippen LogP contribution in [0.4, 0.5) is 4.79 Å². The summed E-state index contributed by atoms with van der Waals surface area (Å²) in [6.45, 7) is 6.87. The Labute approximate surface area is 89.9 Å². The van der Waals surface area contributed by atoms with E-state index in [1.165, 1.54) is 0 Å². The van der Waals surface area contributed by atoms with E-state index in [4.69, 9.17) is 0 Å². The Balaban J connectivity index is 4.02. The van der Waals surface area contributed by atoms with Gasteiger partial charge in [-0.3, -0.25) is 0 Å². The number of carbonyl (C=O) groups is 1. The lowest BCUT2D eigenvalue weighted by molar-refractivity contribution is 0.121. The van der Waals surface area contributed by atoms with Gasteiger partial charge in [-0.15, -0.1) is 6.58 Å². The molecule has 0 aliphatic carbocycles. The fourth-order valence-corrected chi connectivity index (χ4v) is 1.41. The molecule has 0 saturated carbocycles. The van der Waals surface area contributed by atoms with Crippen molar-refractivity contribution in [1.29, 1.82) is 0 Å². The fraction of sp³-hybridized carbons (Fsp3) is 0.625. The first-order chi connectivity index (χ1) is 6.87. The van der Waals surface area contributed by atoms with Gasteiger partial charge in [-0.1, -0.05) is 6.08 Å². The van der Waals surface area contributed by atoms with Gasteiger partial charge in [-0.25, -0.2) is 9.52 Å². The summed E-state index contributed by atoms with van der Waals surface area (Å²) in [7, 11) is -3.82. The highest BCUT2D eigenvalue weighted by atomic mass is 32.2. The molecular formula is C8H16N2O4S. The van der Waals surface area contributed by atoms with Gasteiger partial charge in [0.2, 0.25) is 0 Å². The number of nitrogens with one attached hydrogen (secondary N) is 2. The van der Waals surface area contributed by atoms with E-state index in [0.29, 0.717) is 6.42 Å². The Bertz CT molecular complexity index is 311. The van der Waals surface area contributed by atoms with Crippen LogP contribution in [0, 0.1) is 0 Å². The van der Waals surface area contributed by atoms with E-state index in [2.05, 4.69) is 16.0 Å². The first-order valence-corrected chi connectivity index (χ1v) is 5.94. The van der Waals surface area contributed by atoms with Gasteiger partial charge in [0.25, 0.3) is 0 Å². The van der Waals surface area contributed by atoms with E-state index in [9.17, 15) is 13.2 Å². The predicted molar refractivity (Wildman–Crippen MR) is 56.5 cm³/mol. The van der Waals surface area contributed by atoms with Crippen LogP contribution in [-0.2, 0) is 14.9 Å². The van der Waals surface area contributed by atoms with E-state index in [0.717, 1.165) is 0 Å². The molecule has 0 aromatic carbocycles. The maximum absolute atomic E-state index is 11.1. The van der Waals surface area contributed by atoms with E-state index >= 15 is 0 Å². The zero-order chi connectivity index (χ0) is 11.9. The standard InChI is InChI=1S/C8H16N2O4S/c1-4-5-6-9-15(12,13)10-8(11)14-7(2)3/h4,7,9H,1,5-6H2,2-3H3,(H,10,11). The van der Waals surface area contributed by atoms with Crippen LogP contribution in [0.15, 0.2) is 12.7 Å². The molecule has 0 spiro atoms.